The van der Waals surface area contributed by atoms with Crippen LogP contribution in [0.1, 0.15) is 37.7 Å². The summed E-state index contributed by atoms with van der Waals surface area (Å²) < 4.78 is 10.5. The van der Waals surface area contributed by atoms with Crippen molar-refractivity contribution in [2.75, 3.05) is 7.11 Å². The molecular weight excluding hydrogens is 228 g/mol. The number of rotatable bonds is 1. The molecule has 1 fully saturated rings. The highest BCUT2D eigenvalue weighted by atomic mass is 16.5. The summed E-state index contributed by atoms with van der Waals surface area (Å²) in [6.45, 7) is 0. The lowest BCUT2D eigenvalue weighted by molar-refractivity contribution is -0.127. The summed E-state index contributed by atoms with van der Waals surface area (Å²) in [7, 11) is 1.63. The van der Waals surface area contributed by atoms with E-state index in [9.17, 15) is 4.79 Å². The Balaban J connectivity index is 2.09. The van der Waals surface area contributed by atoms with Gasteiger partial charge in [-0.3, -0.25) is 0 Å². The number of carbonyl (C=O) groups is 1. The number of esters is 1. The zero-order chi connectivity index (χ0) is 12.5. The summed E-state index contributed by atoms with van der Waals surface area (Å²) in [6.07, 6.45) is 5.63. The van der Waals surface area contributed by atoms with Gasteiger partial charge >= 0.3 is 5.97 Å². The Morgan fingerprint density at radius 2 is 1.94 bits per heavy atom. The minimum absolute atomic E-state index is 0.199. The van der Waals surface area contributed by atoms with Gasteiger partial charge < -0.3 is 9.47 Å². The van der Waals surface area contributed by atoms with E-state index in [-0.39, 0.29) is 5.97 Å². The molecule has 2 aliphatic rings. The smallest absolute Gasteiger partial charge is 0.344 e. The van der Waals surface area contributed by atoms with Crippen molar-refractivity contribution in [1.29, 1.82) is 0 Å². The van der Waals surface area contributed by atoms with Crippen molar-refractivity contribution in [3.8, 4) is 11.5 Å². The molecule has 0 amide bonds. The van der Waals surface area contributed by atoms with Gasteiger partial charge in [0.1, 0.15) is 11.5 Å². The van der Waals surface area contributed by atoms with Crippen molar-refractivity contribution in [3.05, 3.63) is 29.3 Å². The number of benzene rings is 1. The second-order valence-electron chi connectivity index (χ2n) is 4.79. The Labute approximate surface area is 106 Å². The van der Waals surface area contributed by atoms with Crippen LogP contribution in [-0.4, -0.2) is 13.1 Å². The lowest BCUT2D eigenvalue weighted by atomic mass is 9.89. The Kier molecular flexibility index (Phi) is 2.82. The number of fused-ring (bicyclic) bond motifs is 1. The van der Waals surface area contributed by atoms with E-state index in [0.717, 1.165) is 29.7 Å². The zero-order valence-electron chi connectivity index (χ0n) is 10.5. The molecular formula is C15H16O3. The zero-order valence-corrected chi connectivity index (χ0v) is 10.5. The SMILES string of the molecule is COc1ccc2c(c1)C(=C1CCCCC1)C(=O)O2. The first-order valence-electron chi connectivity index (χ1n) is 6.42. The van der Waals surface area contributed by atoms with Crippen LogP contribution in [0, 0.1) is 0 Å². The molecule has 3 rings (SSSR count). The van der Waals surface area contributed by atoms with Crippen LogP contribution >= 0.6 is 0 Å². The summed E-state index contributed by atoms with van der Waals surface area (Å²) in [6, 6.07) is 5.53. The van der Waals surface area contributed by atoms with E-state index in [4.69, 9.17) is 9.47 Å². The van der Waals surface area contributed by atoms with E-state index in [1.807, 2.05) is 18.2 Å². The third-order valence-corrected chi connectivity index (χ3v) is 3.67. The van der Waals surface area contributed by atoms with Crippen LogP contribution in [0.5, 0.6) is 11.5 Å². The van der Waals surface area contributed by atoms with Crippen LogP contribution in [0.3, 0.4) is 0 Å². The Morgan fingerprint density at radius 1 is 1.17 bits per heavy atom. The monoisotopic (exact) mass is 244 g/mol. The maximum atomic E-state index is 12.0. The largest absolute Gasteiger partial charge is 0.497 e. The third-order valence-electron chi connectivity index (χ3n) is 3.67. The molecule has 0 N–H and O–H groups in total. The van der Waals surface area contributed by atoms with E-state index < -0.39 is 0 Å². The van der Waals surface area contributed by atoms with Crippen LogP contribution in [0.15, 0.2) is 23.8 Å². The fourth-order valence-electron chi connectivity index (χ4n) is 2.74. The van der Waals surface area contributed by atoms with Crippen molar-refractivity contribution in [2.45, 2.75) is 32.1 Å². The van der Waals surface area contributed by atoms with Gasteiger partial charge in [0, 0.05) is 5.56 Å². The van der Waals surface area contributed by atoms with Gasteiger partial charge in [-0.2, -0.15) is 0 Å². The lowest BCUT2D eigenvalue weighted by Crippen LogP contribution is -2.06. The van der Waals surface area contributed by atoms with Crippen LogP contribution in [0.2, 0.25) is 0 Å². The molecule has 1 saturated carbocycles. The molecule has 0 spiro atoms. The summed E-state index contributed by atoms with van der Waals surface area (Å²) in [5.41, 5.74) is 2.93. The molecule has 0 unspecified atom stereocenters. The molecule has 1 aromatic rings. The number of hydrogen-bond donors (Lipinski definition) is 0. The number of carbonyl (C=O) groups excluding carboxylic acids is 1. The fourth-order valence-corrected chi connectivity index (χ4v) is 2.74. The summed E-state index contributed by atoms with van der Waals surface area (Å²) >= 11 is 0. The predicted molar refractivity (Wildman–Crippen MR) is 68.6 cm³/mol. The minimum Gasteiger partial charge on any atom is -0.497 e. The van der Waals surface area contributed by atoms with Crippen molar-refractivity contribution in [1.82, 2.24) is 0 Å². The molecule has 0 bridgehead atoms. The second kappa shape index (κ2) is 4.48. The highest BCUT2D eigenvalue weighted by Crippen LogP contribution is 2.41. The first-order chi connectivity index (χ1) is 8.79. The molecule has 0 aromatic heterocycles. The number of ether oxygens (including phenoxy) is 2. The van der Waals surface area contributed by atoms with E-state index in [2.05, 4.69) is 0 Å². The first-order valence-corrected chi connectivity index (χ1v) is 6.42. The molecule has 1 aliphatic heterocycles. The third kappa shape index (κ3) is 1.80. The average molecular weight is 244 g/mol. The van der Waals surface area contributed by atoms with E-state index in [1.165, 1.54) is 24.8 Å². The van der Waals surface area contributed by atoms with Gasteiger partial charge in [-0.1, -0.05) is 12.0 Å². The van der Waals surface area contributed by atoms with Crippen LogP contribution in [0.25, 0.3) is 5.57 Å². The van der Waals surface area contributed by atoms with E-state index >= 15 is 0 Å². The normalized spacial score (nSPS) is 18.6. The van der Waals surface area contributed by atoms with Gasteiger partial charge in [0.15, 0.2) is 0 Å². The van der Waals surface area contributed by atoms with Gasteiger partial charge in [-0.15, -0.1) is 0 Å². The number of hydrogen-bond acceptors (Lipinski definition) is 3. The Hall–Kier alpha value is -1.77. The molecule has 0 radical (unpaired) electrons. The molecule has 3 nitrogen and oxygen atoms in total. The van der Waals surface area contributed by atoms with Gasteiger partial charge in [0.05, 0.1) is 12.7 Å². The van der Waals surface area contributed by atoms with Crippen molar-refractivity contribution in [3.63, 3.8) is 0 Å². The maximum Gasteiger partial charge on any atom is 0.344 e. The fraction of sp³-hybridized carbons (Fsp3) is 0.400. The summed E-state index contributed by atoms with van der Waals surface area (Å²) in [4.78, 5) is 12.0. The van der Waals surface area contributed by atoms with Crippen LogP contribution < -0.4 is 9.47 Å². The molecule has 3 heteroatoms. The Morgan fingerprint density at radius 3 is 2.67 bits per heavy atom. The van der Waals surface area contributed by atoms with Gasteiger partial charge in [0.25, 0.3) is 0 Å². The maximum absolute atomic E-state index is 12.0. The molecule has 1 aliphatic carbocycles. The molecule has 1 aromatic carbocycles. The van der Waals surface area contributed by atoms with Crippen LogP contribution in [-0.2, 0) is 4.79 Å². The summed E-state index contributed by atoms with van der Waals surface area (Å²) in [5.74, 6) is 1.23. The first kappa shape index (κ1) is 11.3. The highest BCUT2D eigenvalue weighted by molar-refractivity contribution is 6.22. The van der Waals surface area contributed by atoms with Crippen molar-refractivity contribution in [2.24, 2.45) is 0 Å². The topological polar surface area (TPSA) is 35.5 Å². The average Bonchev–Trinajstić information content (AvgIpc) is 2.74. The minimum atomic E-state index is -0.199. The van der Waals surface area contributed by atoms with Gasteiger partial charge in [-0.25, -0.2) is 4.79 Å². The van der Waals surface area contributed by atoms with E-state index in [1.54, 1.807) is 7.11 Å². The number of methoxy groups -OCH3 is 1. The standard InChI is InChI=1S/C15H16O3/c1-17-11-7-8-13-12(9-11)14(15(16)18-13)10-5-3-2-4-6-10/h7-9H,2-6H2,1H3. The molecule has 94 valence electrons. The predicted octanol–water partition coefficient (Wildman–Crippen LogP) is 3.33. The van der Waals surface area contributed by atoms with Crippen LogP contribution in [0.4, 0.5) is 0 Å². The van der Waals surface area contributed by atoms with Crippen molar-refractivity contribution < 1.29 is 14.3 Å². The molecule has 0 atom stereocenters. The highest BCUT2D eigenvalue weighted by Gasteiger charge is 2.30. The van der Waals surface area contributed by atoms with E-state index in [0.29, 0.717) is 5.75 Å². The molecule has 1 heterocycles. The summed E-state index contributed by atoms with van der Waals surface area (Å²) in [5, 5.41) is 0. The molecule has 18 heavy (non-hydrogen) atoms. The second-order valence-corrected chi connectivity index (χ2v) is 4.79. The quantitative estimate of drug-likeness (QED) is 0.432. The van der Waals surface area contributed by atoms with Gasteiger partial charge in [-0.05, 0) is 43.9 Å². The van der Waals surface area contributed by atoms with Gasteiger partial charge in [0.2, 0.25) is 0 Å². The Bertz CT molecular complexity index is 521. The van der Waals surface area contributed by atoms with Crippen molar-refractivity contribution >= 4 is 11.5 Å². The lowest BCUT2D eigenvalue weighted by Gasteiger charge is -2.15. The molecule has 0 saturated heterocycles. The number of allylic oxidation sites excluding steroid dienone is 1.